The van der Waals surface area contributed by atoms with Crippen molar-refractivity contribution in [2.45, 2.75) is 12.8 Å². The quantitative estimate of drug-likeness (QED) is 0.379. The number of aliphatic hydroxyl groups is 1. The number of phenolic OH excluding ortho intramolecular Hbond substituents is 1. The van der Waals surface area contributed by atoms with Gasteiger partial charge < -0.3 is 15.9 Å². The fourth-order valence-corrected chi connectivity index (χ4v) is 1.16. The first-order valence-corrected chi connectivity index (χ1v) is 4.37. The Morgan fingerprint density at radius 3 is 2.79 bits per heavy atom. The van der Waals surface area contributed by atoms with Crippen LogP contribution in [0.5, 0.6) is 5.75 Å². The van der Waals surface area contributed by atoms with Gasteiger partial charge in [-0.3, -0.25) is 4.79 Å². The lowest BCUT2D eigenvalue weighted by atomic mass is 10.0. The van der Waals surface area contributed by atoms with Crippen molar-refractivity contribution in [2.75, 3.05) is 12.3 Å². The van der Waals surface area contributed by atoms with Gasteiger partial charge in [0, 0.05) is 24.3 Å². The van der Waals surface area contributed by atoms with Gasteiger partial charge in [0.05, 0.1) is 0 Å². The zero-order valence-corrected chi connectivity index (χ0v) is 7.73. The van der Waals surface area contributed by atoms with Crippen LogP contribution in [0.4, 0.5) is 5.69 Å². The highest BCUT2D eigenvalue weighted by Gasteiger charge is 2.09. The molecule has 0 fully saturated rings. The number of rotatable bonds is 4. The van der Waals surface area contributed by atoms with Crippen molar-refractivity contribution in [1.82, 2.24) is 0 Å². The van der Waals surface area contributed by atoms with Crippen LogP contribution in [0.25, 0.3) is 0 Å². The van der Waals surface area contributed by atoms with Crippen molar-refractivity contribution in [2.24, 2.45) is 0 Å². The highest BCUT2D eigenvalue weighted by molar-refractivity contribution is 6.01. The minimum absolute atomic E-state index is 0.0200. The molecule has 0 spiro atoms. The van der Waals surface area contributed by atoms with Gasteiger partial charge in [-0.05, 0) is 24.6 Å². The van der Waals surface area contributed by atoms with Crippen molar-refractivity contribution < 1.29 is 15.0 Å². The number of benzene rings is 1. The van der Waals surface area contributed by atoms with E-state index in [2.05, 4.69) is 0 Å². The third-order valence-corrected chi connectivity index (χ3v) is 1.90. The topological polar surface area (TPSA) is 83.5 Å². The molecule has 14 heavy (non-hydrogen) atoms. The van der Waals surface area contributed by atoms with E-state index in [1.165, 1.54) is 18.2 Å². The number of nitrogen functional groups attached to an aromatic ring is 1. The number of Topliss-reactive ketones (excluding diaryl/α,β-unsaturated/α-hetero) is 1. The van der Waals surface area contributed by atoms with Crippen LogP contribution in [0.3, 0.4) is 0 Å². The Labute approximate surface area is 82.0 Å². The summed E-state index contributed by atoms with van der Waals surface area (Å²) < 4.78 is 0. The van der Waals surface area contributed by atoms with Crippen molar-refractivity contribution in [3.63, 3.8) is 0 Å². The smallest absolute Gasteiger partial charge is 0.165 e. The van der Waals surface area contributed by atoms with E-state index < -0.39 is 0 Å². The lowest BCUT2D eigenvalue weighted by Crippen LogP contribution is -2.04. The van der Waals surface area contributed by atoms with Gasteiger partial charge in [-0.25, -0.2) is 0 Å². The van der Waals surface area contributed by atoms with Crippen LogP contribution in [-0.2, 0) is 0 Å². The molecular weight excluding hydrogens is 182 g/mol. The average Bonchev–Trinajstić information content (AvgIpc) is 2.18. The number of carbonyl (C=O) groups is 1. The summed E-state index contributed by atoms with van der Waals surface area (Å²) in [6.45, 7) is -0.0234. The maximum atomic E-state index is 11.5. The predicted molar refractivity (Wildman–Crippen MR) is 53.2 cm³/mol. The Morgan fingerprint density at radius 2 is 2.14 bits per heavy atom. The predicted octanol–water partition coefficient (Wildman–Crippen LogP) is 0.930. The third kappa shape index (κ3) is 2.47. The van der Waals surface area contributed by atoms with Crippen LogP contribution in [0, 0.1) is 0 Å². The van der Waals surface area contributed by atoms with E-state index in [4.69, 9.17) is 15.9 Å². The van der Waals surface area contributed by atoms with E-state index in [1.54, 1.807) is 0 Å². The molecule has 0 bridgehead atoms. The number of ketones is 1. The molecule has 0 radical (unpaired) electrons. The molecule has 0 heterocycles. The van der Waals surface area contributed by atoms with Crippen LogP contribution < -0.4 is 5.73 Å². The van der Waals surface area contributed by atoms with Crippen LogP contribution in [0.15, 0.2) is 18.2 Å². The van der Waals surface area contributed by atoms with E-state index in [9.17, 15) is 4.79 Å². The zero-order valence-electron chi connectivity index (χ0n) is 7.73. The molecule has 1 aromatic carbocycles. The first-order valence-electron chi connectivity index (χ1n) is 4.37. The Kier molecular flexibility index (Phi) is 3.48. The lowest BCUT2D eigenvalue weighted by molar-refractivity contribution is 0.0972. The molecule has 0 amide bonds. The number of aromatic hydroxyl groups is 1. The van der Waals surface area contributed by atoms with Gasteiger partial charge in [-0.15, -0.1) is 0 Å². The number of nitrogens with two attached hydrogens (primary N) is 1. The van der Waals surface area contributed by atoms with Gasteiger partial charge in [-0.1, -0.05) is 0 Å². The van der Waals surface area contributed by atoms with E-state index in [0.29, 0.717) is 17.7 Å². The van der Waals surface area contributed by atoms with Gasteiger partial charge in [0.1, 0.15) is 5.75 Å². The minimum Gasteiger partial charge on any atom is -0.508 e. The second-order valence-electron chi connectivity index (χ2n) is 3.02. The monoisotopic (exact) mass is 195 g/mol. The van der Waals surface area contributed by atoms with Crippen LogP contribution >= 0.6 is 0 Å². The van der Waals surface area contributed by atoms with E-state index in [-0.39, 0.29) is 24.6 Å². The summed E-state index contributed by atoms with van der Waals surface area (Å²) in [5.74, 6) is -0.140. The van der Waals surface area contributed by atoms with Crippen LogP contribution in [-0.4, -0.2) is 22.6 Å². The maximum absolute atomic E-state index is 11.5. The summed E-state index contributed by atoms with van der Waals surface area (Å²) in [6, 6.07) is 4.26. The molecular formula is C10H13NO3. The van der Waals surface area contributed by atoms with Crippen LogP contribution in [0.2, 0.25) is 0 Å². The minimum atomic E-state index is -0.160. The summed E-state index contributed by atoms with van der Waals surface area (Å²) in [5.41, 5.74) is 6.24. The molecule has 0 aliphatic rings. The van der Waals surface area contributed by atoms with Crippen molar-refractivity contribution in [3.8, 4) is 5.75 Å². The highest BCUT2D eigenvalue weighted by Crippen LogP contribution is 2.20. The first kappa shape index (κ1) is 10.5. The second-order valence-corrected chi connectivity index (χ2v) is 3.02. The number of phenols is 1. The summed E-state index contributed by atoms with van der Waals surface area (Å²) in [4.78, 5) is 11.5. The lowest BCUT2D eigenvalue weighted by Gasteiger charge is -2.04. The SMILES string of the molecule is Nc1ccc(O)cc1C(=O)CCCO. The molecule has 0 aromatic heterocycles. The molecule has 0 saturated carbocycles. The van der Waals surface area contributed by atoms with Gasteiger partial charge in [0.15, 0.2) is 5.78 Å². The Bertz CT molecular complexity index is 336. The van der Waals surface area contributed by atoms with E-state index in [0.717, 1.165) is 0 Å². The second kappa shape index (κ2) is 4.62. The fraction of sp³-hybridized carbons (Fsp3) is 0.300. The normalized spacial score (nSPS) is 10.1. The summed E-state index contributed by atoms with van der Waals surface area (Å²) >= 11 is 0. The van der Waals surface area contributed by atoms with E-state index >= 15 is 0 Å². The fourth-order valence-electron chi connectivity index (χ4n) is 1.16. The Balaban J connectivity index is 2.83. The molecule has 0 aliphatic carbocycles. The number of aliphatic hydroxyl groups excluding tert-OH is 1. The largest absolute Gasteiger partial charge is 0.508 e. The van der Waals surface area contributed by atoms with Crippen LogP contribution in [0.1, 0.15) is 23.2 Å². The van der Waals surface area contributed by atoms with Crippen molar-refractivity contribution in [1.29, 1.82) is 0 Å². The van der Waals surface area contributed by atoms with Gasteiger partial charge in [0.2, 0.25) is 0 Å². The molecule has 1 rings (SSSR count). The molecule has 1 aromatic rings. The molecule has 4 heteroatoms. The molecule has 0 unspecified atom stereocenters. The number of hydrogen-bond acceptors (Lipinski definition) is 4. The molecule has 76 valence electrons. The third-order valence-electron chi connectivity index (χ3n) is 1.90. The molecule has 0 atom stereocenters. The standard InChI is InChI=1S/C10H13NO3/c11-9-4-3-7(13)6-8(9)10(14)2-1-5-12/h3-4,6,12-13H,1-2,5,11H2. The Hall–Kier alpha value is -1.55. The number of carbonyl (C=O) groups excluding carboxylic acids is 1. The van der Waals surface area contributed by atoms with Gasteiger partial charge in [-0.2, -0.15) is 0 Å². The number of anilines is 1. The average molecular weight is 195 g/mol. The molecule has 0 aliphatic heterocycles. The zero-order chi connectivity index (χ0) is 10.6. The van der Waals surface area contributed by atoms with E-state index in [1.807, 2.05) is 0 Å². The van der Waals surface area contributed by atoms with Crippen molar-refractivity contribution >= 4 is 11.5 Å². The van der Waals surface area contributed by atoms with Crippen molar-refractivity contribution in [3.05, 3.63) is 23.8 Å². The van der Waals surface area contributed by atoms with Gasteiger partial charge in [0.25, 0.3) is 0 Å². The van der Waals surface area contributed by atoms with Gasteiger partial charge >= 0.3 is 0 Å². The maximum Gasteiger partial charge on any atom is 0.165 e. The summed E-state index contributed by atoms with van der Waals surface area (Å²) in [7, 11) is 0. The summed E-state index contributed by atoms with van der Waals surface area (Å²) in [5, 5.41) is 17.7. The molecule has 0 saturated heterocycles. The number of hydrogen-bond donors (Lipinski definition) is 3. The summed E-state index contributed by atoms with van der Waals surface area (Å²) in [6.07, 6.45) is 0.651. The Morgan fingerprint density at radius 1 is 1.43 bits per heavy atom. The highest BCUT2D eigenvalue weighted by atomic mass is 16.3. The first-order chi connectivity index (χ1) is 6.65. The molecule has 4 N–H and O–H groups in total. The molecule has 4 nitrogen and oxygen atoms in total.